The number of carbonyl (C=O) groups is 1. The van der Waals surface area contributed by atoms with Crippen LogP contribution < -0.4 is 0 Å². The Labute approximate surface area is 157 Å². The van der Waals surface area contributed by atoms with Crippen LogP contribution in [-0.4, -0.2) is 66.6 Å². The van der Waals surface area contributed by atoms with Crippen LogP contribution in [0.2, 0.25) is 0 Å². The van der Waals surface area contributed by atoms with E-state index in [-0.39, 0.29) is 5.91 Å². The standard InChI is InChI=1S/C18H23N7O2/c1-11-9-12(2)25-17(19-11)16(13(3)21-25)18(26)24-7-5-23(6-8-24)10-15-20-14(4)27-22-15/h9H,5-8,10H2,1-4H3. The molecule has 3 aromatic heterocycles. The second kappa shape index (κ2) is 6.73. The van der Waals surface area contributed by atoms with Crippen LogP contribution in [0.5, 0.6) is 0 Å². The number of piperazine rings is 1. The normalized spacial score (nSPS) is 15.6. The van der Waals surface area contributed by atoms with Crippen molar-refractivity contribution in [1.29, 1.82) is 0 Å². The third-order valence-corrected chi connectivity index (χ3v) is 4.88. The van der Waals surface area contributed by atoms with Crippen molar-refractivity contribution in [3.8, 4) is 0 Å². The summed E-state index contributed by atoms with van der Waals surface area (Å²) in [4.78, 5) is 26.1. The van der Waals surface area contributed by atoms with E-state index in [0.717, 1.165) is 24.5 Å². The summed E-state index contributed by atoms with van der Waals surface area (Å²) in [5.41, 5.74) is 3.81. The maximum Gasteiger partial charge on any atom is 0.259 e. The summed E-state index contributed by atoms with van der Waals surface area (Å²) in [6, 6.07) is 1.96. The van der Waals surface area contributed by atoms with Gasteiger partial charge in [0, 0.05) is 44.5 Å². The summed E-state index contributed by atoms with van der Waals surface area (Å²) in [6.07, 6.45) is 0. The first kappa shape index (κ1) is 17.6. The average molecular weight is 369 g/mol. The maximum atomic E-state index is 13.2. The van der Waals surface area contributed by atoms with Crippen LogP contribution in [0.25, 0.3) is 5.65 Å². The lowest BCUT2D eigenvalue weighted by molar-refractivity contribution is 0.0625. The molecule has 1 aliphatic heterocycles. The topological polar surface area (TPSA) is 92.7 Å². The van der Waals surface area contributed by atoms with E-state index in [1.807, 2.05) is 31.7 Å². The fraction of sp³-hybridized carbons (Fsp3) is 0.500. The van der Waals surface area contributed by atoms with Crippen LogP contribution in [-0.2, 0) is 6.54 Å². The Morgan fingerprint density at radius 1 is 1.11 bits per heavy atom. The van der Waals surface area contributed by atoms with Crippen LogP contribution in [0, 0.1) is 27.7 Å². The zero-order valence-corrected chi connectivity index (χ0v) is 16.1. The molecular formula is C18H23N7O2. The second-order valence-corrected chi connectivity index (χ2v) is 7.03. The number of aryl methyl sites for hydroxylation is 4. The van der Waals surface area contributed by atoms with Gasteiger partial charge in [0.2, 0.25) is 5.89 Å². The minimum absolute atomic E-state index is 0.00458. The Balaban J connectivity index is 1.50. The average Bonchev–Trinajstić information content (AvgIpc) is 3.18. The number of aromatic nitrogens is 5. The number of carbonyl (C=O) groups excluding carboxylic acids is 1. The van der Waals surface area contributed by atoms with Gasteiger partial charge >= 0.3 is 0 Å². The lowest BCUT2D eigenvalue weighted by Gasteiger charge is -2.34. The molecule has 3 aromatic rings. The highest BCUT2D eigenvalue weighted by molar-refractivity contribution is 6.01. The highest BCUT2D eigenvalue weighted by atomic mass is 16.5. The maximum absolute atomic E-state index is 13.2. The molecule has 1 amide bonds. The Kier molecular flexibility index (Phi) is 4.39. The molecule has 9 heteroatoms. The smallest absolute Gasteiger partial charge is 0.259 e. The molecule has 0 unspecified atom stereocenters. The van der Waals surface area contributed by atoms with E-state index in [0.29, 0.717) is 48.3 Å². The number of hydrogen-bond acceptors (Lipinski definition) is 7. The molecule has 0 atom stereocenters. The quantitative estimate of drug-likeness (QED) is 0.687. The molecule has 4 heterocycles. The third-order valence-electron chi connectivity index (χ3n) is 4.88. The SMILES string of the molecule is Cc1cc(C)n2nc(C)c(C(=O)N3CCN(Cc4noc(C)n4)CC3)c2n1. The molecule has 0 saturated carbocycles. The molecule has 142 valence electrons. The van der Waals surface area contributed by atoms with Crippen molar-refractivity contribution < 1.29 is 9.32 Å². The number of amides is 1. The monoisotopic (exact) mass is 369 g/mol. The van der Waals surface area contributed by atoms with Gasteiger partial charge in [0.1, 0.15) is 5.56 Å². The van der Waals surface area contributed by atoms with Gasteiger partial charge in [0.25, 0.3) is 5.91 Å². The largest absolute Gasteiger partial charge is 0.340 e. The van der Waals surface area contributed by atoms with Crippen molar-refractivity contribution in [2.24, 2.45) is 0 Å². The fourth-order valence-corrected chi connectivity index (χ4v) is 3.55. The molecule has 1 fully saturated rings. The van der Waals surface area contributed by atoms with Crippen molar-refractivity contribution in [3.05, 3.63) is 40.4 Å². The minimum atomic E-state index is -0.00458. The van der Waals surface area contributed by atoms with Gasteiger partial charge in [-0.05, 0) is 26.8 Å². The predicted octanol–water partition coefficient (Wildman–Crippen LogP) is 1.30. The lowest BCUT2D eigenvalue weighted by atomic mass is 10.2. The van der Waals surface area contributed by atoms with E-state index < -0.39 is 0 Å². The summed E-state index contributed by atoms with van der Waals surface area (Å²) >= 11 is 0. The Bertz CT molecular complexity index is 999. The third kappa shape index (κ3) is 3.30. The molecule has 1 aliphatic rings. The van der Waals surface area contributed by atoms with E-state index >= 15 is 0 Å². The molecule has 9 nitrogen and oxygen atoms in total. The molecule has 27 heavy (non-hydrogen) atoms. The zero-order chi connectivity index (χ0) is 19.1. The van der Waals surface area contributed by atoms with Crippen molar-refractivity contribution in [1.82, 2.24) is 34.5 Å². The molecule has 0 radical (unpaired) electrons. The highest BCUT2D eigenvalue weighted by Gasteiger charge is 2.27. The van der Waals surface area contributed by atoms with Crippen LogP contribution in [0.1, 0.15) is 39.2 Å². The molecule has 0 bridgehead atoms. The summed E-state index contributed by atoms with van der Waals surface area (Å²) in [5, 5.41) is 8.45. The van der Waals surface area contributed by atoms with E-state index in [1.54, 1.807) is 11.4 Å². The lowest BCUT2D eigenvalue weighted by Crippen LogP contribution is -2.48. The van der Waals surface area contributed by atoms with Crippen molar-refractivity contribution >= 4 is 11.6 Å². The summed E-state index contributed by atoms with van der Waals surface area (Å²) in [6.45, 7) is 11.0. The second-order valence-electron chi connectivity index (χ2n) is 7.03. The van der Waals surface area contributed by atoms with Gasteiger partial charge in [0.15, 0.2) is 11.5 Å². The number of rotatable bonds is 3. The first-order chi connectivity index (χ1) is 12.9. The first-order valence-corrected chi connectivity index (χ1v) is 9.07. The van der Waals surface area contributed by atoms with Crippen molar-refractivity contribution in [3.63, 3.8) is 0 Å². The van der Waals surface area contributed by atoms with Crippen LogP contribution in [0.15, 0.2) is 10.6 Å². The summed E-state index contributed by atoms with van der Waals surface area (Å²) < 4.78 is 6.77. The molecule has 0 spiro atoms. The Hall–Kier alpha value is -2.81. The Morgan fingerprint density at radius 2 is 1.85 bits per heavy atom. The number of fused-ring (bicyclic) bond motifs is 1. The number of hydrogen-bond donors (Lipinski definition) is 0. The highest BCUT2D eigenvalue weighted by Crippen LogP contribution is 2.19. The van der Waals surface area contributed by atoms with E-state index in [9.17, 15) is 4.79 Å². The molecule has 1 saturated heterocycles. The van der Waals surface area contributed by atoms with Gasteiger partial charge in [-0.25, -0.2) is 9.50 Å². The molecule has 0 aromatic carbocycles. The van der Waals surface area contributed by atoms with E-state index in [4.69, 9.17) is 4.52 Å². The molecule has 4 rings (SSSR count). The van der Waals surface area contributed by atoms with E-state index in [2.05, 4.69) is 25.1 Å². The predicted molar refractivity (Wildman–Crippen MR) is 97.4 cm³/mol. The Morgan fingerprint density at radius 3 is 2.52 bits per heavy atom. The van der Waals surface area contributed by atoms with Gasteiger partial charge in [-0.1, -0.05) is 5.16 Å². The summed E-state index contributed by atoms with van der Waals surface area (Å²) in [7, 11) is 0. The summed E-state index contributed by atoms with van der Waals surface area (Å²) in [5.74, 6) is 1.25. The molecule has 0 aliphatic carbocycles. The van der Waals surface area contributed by atoms with Crippen LogP contribution in [0.4, 0.5) is 0 Å². The van der Waals surface area contributed by atoms with Crippen molar-refractivity contribution in [2.75, 3.05) is 26.2 Å². The van der Waals surface area contributed by atoms with Crippen molar-refractivity contribution in [2.45, 2.75) is 34.2 Å². The number of nitrogens with zero attached hydrogens (tertiary/aromatic N) is 7. The van der Waals surface area contributed by atoms with Crippen LogP contribution in [0.3, 0.4) is 0 Å². The van der Waals surface area contributed by atoms with Gasteiger partial charge in [-0.3, -0.25) is 9.69 Å². The molecule has 0 N–H and O–H groups in total. The van der Waals surface area contributed by atoms with Gasteiger partial charge in [-0.2, -0.15) is 10.1 Å². The van der Waals surface area contributed by atoms with Crippen LogP contribution >= 0.6 is 0 Å². The fourth-order valence-electron chi connectivity index (χ4n) is 3.55. The van der Waals surface area contributed by atoms with Gasteiger partial charge in [-0.15, -0.1) is 0 Å². The first-order valence-electron chi connectivity index (χ1n) is 9.07. The van der Waals surface area contributed by atoms with Gasteiger partial charge < -0.3 is 9.42 Å². The zero-order valence-electron chi connectivity index (χ0n) is 16.1. The molecular weight excluding hydrogens is 346 g/mol. The minimum Gasteiger partial charge on any atom is -0.340 e. The van der Waals surface area contributed by atoms with Gasteiger partial charge in [0.05, 0.1) is 12.2 Å². The van der Waals surface area contributed by atoms with E-state index in [1.165, 1.54) is 0 Å².